The van der Waals surface area contributed by atoms with Gasteiger partial charge in [-0.25, -0.2) is 0 Å². The topological polar surface area (TPSA) is 38.3 Å². The number of para-hydroxylation sites is 2. The van der Waals surface area contributed by atoms with Gasteiger partial charge in [-0.3, -0.25) is 4.79 Å². The van der Waals surface area contributed by atoms with Gasteiger partial charge < -0.3 is 10.1 Å². The molecule has 6 heteroatoms. The molecule has 0 fully saturated rings. The van der Waals surface area contributed by atoms with Gasteiger partial charge in [0, 0.05) is 10.3 Å². The fraction of sp³-hybridized carbons (Fsp3) is 0.353. The normalized spacial score (nSPS) is 17.0. The average molecular weight is 337 g/mol. The van der Waals surface area contributed by atoms with Gasteiger partial charge >= 0.3 is 6.61 Å². The molecular weight excluding hydrogens is 320 g/mol. The second kappa shape index (κ2) is 6.66. The first-order chi connectivity index (χ1) is 11.0. The van der Waals surface area contributed by atoms with E-state index in [-0.39, 0.29) is 17.3 Å². The van der Waals surface area contributed by atoms with Crippen LogP contribution in [0.15, 0.2) is 29.6 Å². The third kappa shape index (κ3) is 3.52. The molecule has 1 aromatic heterocycles. The highest BCUT2D eigenvalue weighted by atomic mass is 32.1. The number of thiophene rings is 1. The number of nitrogens with one attached hydrogen (secondary N) is 1. The number of fused-ring (bicyclic) bond motifs is 1. The molecule has 1 aromatic carbocycles. The fourth-order valence-corrected chi connectivity index (χ4v) is 4.07. The van der Waals surface area contributed by atoms with Crippen molar-refractivity contribution in [2.24, 2.45) is 5.92 Å². The first kappa shape index (κ1) is 15.9. The molecule has 0 bridgehead atoms. The number of hydrogen-bond donors (Lipinski definition) is 1. The summed E-state index contributed by atoms with van der Waals surface area (Å²) in [7, 11) is 0. The van der Waals surface area contributed by atoms with Crippen molar-refractivity contribution >= 4 is 22.9 Å². The van der Waals surface area contributed by atoms with Crippen LogP contribution in [0.2, 0.25) is 0 Å². The van der Waals surface area contributed by atoms with E-state index < -0.39 is 6.61 Å². The van der Waals surface area contributed by atoms with Gasteiger partial charge in [0.25, 0.3) is 5.91 Å². The van der Waals surface area contributed by atoms with Crippen LogP contribution in [0.4, 0.5) is 14.5 Å². The number of ether oxygens (including phenoxy) is 1. The van der Waals surface area contributed by atoms with E-state index in [1.54, 1.807) is 29.5 Å². The lowest BCUT2D eigenvalue weighted by molar-refractivity contribution is -0.0493. The van der Waals surface area contributed by atoms with Crippen LogP contribution in [-0.4, -0.2) is 12.5 Å². The number of halogens is 2. The molecule has 0 aliphatic heterocycles. The maximum atomic E-state index is 12.5. The summed E-state index contributed by atoms with van der Waals surface area (Å²) in [6.45, 7) is -0.719. The summed E-state index contributed by atoms with van der Waals surface area (Å²) in [5.41, 5.74) is 1.99. The largest absolute Gasteiger partial charge is 0.433 e. The predicted molar refractivity (Wildman–Crippen MR) is 86.5 cm³/mol. The number of benzene rings is 1. The number of anilines is 1. The lowest BCUT2D eigenvalue weighted by atomic mass is 9.88. The Bertz CT molecular complexity index is 714. The highest BCUT2D eigenvalue weighted by molar-refractivity contribution is 7.10. The maximum absolute atomic E-state index is 12.5. The van der Waals surface area contributed by atoms with E-state index in [4.69, 9.17) is 0 Å². The van der Waals surface area contributed by atoms with E-state index in [0.717, 1.165) is 24.8 Å². The van der Waals surface area contributed by atoms with E-state index in [9.17, 15) is 13.6 Å². The van der Waals surface area contributed by atoms with Crippen LogP contribution < -0.4 is 10.1 Å². The molecule has 23 heavy (non-hydrogen) atoms. The molecule has 1 aliphatic carbocycles. The van der Waals surface area contributed by atoms with Crippen molar-refractivity contribution in [1.29, 1.82) is 0 Å². The number of amides is 1. The van der Waals surface area contributed by atoms with Gasteiger partial charge in [0.2, 0.25) is 0 Å². The van der Waals surface area contributed by atoms with Crippen LogP contribution >= 0.6 is 11.3 Å². The van der Waals surface area contributed by atoms with Crippen molar-refractivity contribution < 1.29 is 18.3 Å². The Hall–Kier alpha value is -1.95. The SMILES string of the molecule is CC1CCc2c(C(=O)Nc3ccccc3OC(F)F)csc2C1. The maximum Gasteiger partial charge on any atom is 0.387 e. The number of carbonyl (C=O) groups excluding carboxylic acids is 1. The molecule has 0 spiro atoms. The minimum atomic E-state index is -2.93. The van der Waals surface area contributed by atoms with Crippen LogP contribution in [0.5, 0.6) is 5.75 Å². The van der Waals surface area contributed by atoms with Gasteiger partial charge in [0.15, 0.2) is 0 Å². The second-order valence-corrected chi connectivity index (χ2v) is 6.69. The highest BCUT2D eigenvalue weighted by Gasteiger charge is 2.23. The van der Waals surface area contributed by atoms with Crippen molar-refractivity contribution in [2.75, 3.05) is 5.32 Å². The smallest absolute Gasteiger partial charge is 0.387 e. The third-order valence-corrected chi connectivity index (χ3v) is 5.05. The zero-order chi connectivity index (χ0) is 16.4. The Labute approximate surface area is 137 Å². The highest BCUT2D eigenvalue weighted by Crippen LogP contribution is 2.34. The van der Waals surface area contributed by atoms with E-state index in [1.165, 1.54) is 10.9 Å². The standard InChI is InChI=1S/C17H17F2NO2S/c1-10-6-7-11-12(9-23-15(11)8-10)16(21)20-13-4-2-3-5-14(13)22-17(18)19/h2-5,9-10,17H,6-8H2,1H3,(H,20,21). The predicted octanol–water partition coefficient (Wildman–Crippen LogP) is 4.73. The van der Waals surface area contributed by atoms with E-state index >= 15 is 0 Å². The molecular formula is C17H17F2NO2S. The van der Waals surface area contributed by atoms with Crippen molar-refractivity contribution in [3.63, 3.8) is 0 Å². The molecule has 1 atom stereocenters. The van der Waals surface area contributed by atoms with Gasteiger partial charge in [-0.15, -0.1) is 11.3 Å². The van der Waals surface area contributed by atoms with E-state index in [1.807, 2.05) is 5.38 Å². The molecule has 0 saturated carbocycles. The Morgan fingerprint density at radius 3 is 2.96 bits per heavy atom. The van der Waals surface area contributed by atoms with Crippen LogP contribution in [-0.2, 0) is 12.8 Å². The number of alkyl halides is 2. The van der Waals surface area contributed by atoms with Crippen LogP contribution in [0.25, 0.3) is 0 Å². The summed E-state index contributed by atoms with van der Waals surface area (Å²) in [5.74, 6) is 0.327. The summed E-state index contributed by atoms with van der Waals surface area (Å²) < 4.78 is 29.3. The molecule has 1 N–H and O–H groups in total. The minimum absolute atomic E-state index is 0.0337. The second-order valence-electron chi connectivity index (χ2n) is 5.73. The lowest BCUT2D eigenvalue weighted by Crippen LogP contribution is -2.17. The molecule has 3 nitrogen and oxygen atoms in total. The lowest BCUT2D eigenvalue weighted by Gasteiger charge is -2.19. The van der Waals surface area contributed by atoms with Crippen molar-refractivity contribution in [1.82, 2.24) is 0 Å². The van der Waals surface area contributed by atoms with Crippen molar-refractivity contribution in [2.45, 2.75) is 32.8 Å². The summed E-state index contributed by atoms with van der Waals surface area (Å²) in [6, 6.07) is 6.21. The Morgan fingerprint density at radius 2 is 2.17 bits per heavy atom. The van der Waals surface area contributed by atoms with Crippen molar-refractivity contribution in [3.05, 3.63) is 45.6 Å². The van der Waals surface area contributed by atoms with E-state index in [0.29, 0.717) is 11.5 Å². The molecule has 3 rings (SSSR count). The Morgan fingerprint density at radius 1 is 1.39 bits per heavy atom. The monoisotopic (exact) mass is 337 g/mol. The van der Waals surface area contributed by atoms with Gasteiger partial charge in [-0.05, 0) is 42.9 Å². The molecule has 0 radical (unpaired) electrons. The quantitative estimate of drug-likeness (QED) is 0.876. The molecule has 122 valence electrons. The zero-order valence-electron chi connectivity index (χ0n) is 12.6. The number of carbonyl (C=O) groups is 1. The molecule has 1 unspecified atom stereocenters. The van der Waals surface area contributed by atoms with Crippen LogP contribution in [0.3, 0.4) is 0 Å². The molecule has 1 aliphatic rings. The zero-order valence-corrected chi connectivity index (χ0v) is 13.5. The first-order valence-electron chi connectivity index (χ1n) is 7.49. The molecule has 1 amide bonds. The molecule has 0 saturated heterocycles. The van der Waals surface area contributed by atoms with Gasteiger partial charge in [0.1, 0.15) is 5.75 Å². The van der Waals surface area contributed by atoms with Gasteiger partial charge in [-0.1, -0.05) is 19.1 Å². The number of hydrogen-bond acceptors (Lipinski definition) is 3. The fourth-order valence-electron chi connectivity index (χ4n) is 2.83. The van der Waals surface area contributed by atoms with E-state index in [2.05, 4.69) is 17.0 Å². The molecule has 1 heterocycles. The Kier molecular flexibility index (Phi) is 4.61. The summed E-state index contributed by atoms with van der Waals surface area (Å²) in [5, 5.41) is 4.54. The van der Waals surface area contributed by atoms with Crippen LogP contribution in [0, 0.1) is 5.92 Å². The summed E-state index contributed by atoms with van der Waals surface area (Å²) in [4.78, 5) is 13.8. The Balaban J connectivity index is 1.81. The third-order valence-electron chi connectivity index (χ3n) is 4.00. The first-order valence-corrected chi connectivity index (χ1v) is 8.37. The average Bonchev–Trinajstić information content (AvgIpc) is 2.91. The van der Waals surface area contributed by atoms with Gasteiger partial charge in [0.05, 0.1) is 11.3 Å². The number of rotatable bonds is 4. The van der Waals surface area contributed by atoms with Crippen molar-refractivity contribution in [3.8, 4) is 5.75 Å². The van der Waals surface area contributed by atoms with Gasteiger partial charge in [-0.2, -0.15) is 8.78 Å². The van der Waals surface area contributed by atoms with Crippen LogP contribution in [0.1, 0.15) is 34.1 Å². The summed E-state index contributed by atoms with van der Waals surface area (Å²) in [6.07, 6.45) is 2.95. The summed E-state index contributed by atoms with van der Waals surface area (Å²) >= 11 is 1.60. The molecule has 2 aromatic rings. The minimum Gasteiger partial charge on any atom is -0.433 e.